The van der Waals surface area contributed by atoms with Crippen LogP contribution in [0.2, 0.25) is 0 Å². The molecule has 1 aromatic rings. The molecule has 2 aliphatic heterocycles. The molecule has 0 unspecified atom stereocenters. The molecule has 1 aromatic carbocycles. The van der Waals surface area contributed by atoms with E-state index in [-0.39, 0.29) is 33.8 Å². The molecule has 0 bridgehead atoms. The van der Waals surface area contributed by atoms with E-state index in [1.54, 1.807) is 46.8 Å². The van der Waals surface area contributed by atoms with Crippen molar-refractivity contribution < 1.29 is 41.1 Å². The molecule has 11 nitrogen and oxygen atoms in total. The van der Waals surface area contributed by atoms with E-state index < -0.39 is 41.7 Å². The first-order valence-electron chi connectivity index (χ1n) is 13.1. The fraction of sp³-hybridized carbons (Fsp3) is 0.536. The number of carbonyl (C=O) groups is 5. The largest absolute Gasteiger partial charge is 0.465 e. The summed E-state index contributed by atoms with van der Waals surface area (Å²) in [4.78, 5) is 61.8. The zero-order valence-corrected chi connectivity index (χ0v) is 23.7. The molecule has 40 heavy (non-hydrogen) atoms. The quantitative estimate of drug-likeness (QED) is 0.421. The molecule has 3 rings (SSSR count). The van der Waals surface area contributed by atoms with Gasteiger partial charge in [0.05, 0.1) is 6.54 Å². The zero-order valence-electron chi connectivity index (χ0n) is 23.7. The molecule has 2 aliphatic rings. The number of ketones is 1. The summed E-state index contributed by atoms with van der Waals surface area (Å²) < 4.78 is 18.3. The summed E-state index contributed by atoms with van der Waals surface area (Å²) in [5.74, 6) is -1.45. The van der Waals surface area contributed by atoms with Crippen LogP contribution in [0.3, 0.4) is 0 Å². The number of primary amides is 1. The van der Waals surface area contributed by atoms with Gasteiger partial charge < -0.3 is 25.8 Å². The van der Waals surface area contributed by atoms with Gasteiger partial charge in [0.15, 0.2) is 5.78 Å². The van der Waals surface area contributed by atoms with Gasteiger partial charge >= 0.3 is 12.2 Å². The van der Waals surface area contributed by atoms with Crippen LogP contribution in [0.15, 0.2) is 29.8 Å². The van der Waals surface area contributed by atoms with Crippen molar-refractivity contribution in [1.29, 1.82) is 0 Å². The third kappa shape index (κ3) is 9.65. The highest BCUT2D eigenvalue weighted by atomic mass is 19.1. The standard InChI is InChI=1S/C19H31N3O5.C9H8FNO2.2H2/c1-12(2)11-13(23)8-9-14(21-18(26)27-19(3,4)5)17(25)22-10-6-7-15(22)16(20)24;10-8-3-1-2-6-4-11(9(12)13)5-7(6)8;;/h11,14-15H,6-10H2,1-5H3,(H2,20,24)(H,21,26);1-3H,4-5H2,(H,12,13);2*1H/t14-,15-;;;/m0.../s1. The number of benzene rings is 1. The summed E-state index contributed by atoms with van der Waals surface area (Å²) in [6.07, 6.45) is 1.11. The molecule has 1 fully saturated rings. The smallest absolute Gasteiger partial charge is 0.408 e. The molecular weight excluding hydrogens is 523 g/mol. The minimum atomic E-state index is -1.00. The van der Waals surface area contributed by atoms with Gasteiger partial charge in [-0.15, -0.1) is 0 Å². The van der Waals surface area contributed by atoms with E-state index in [4.69, 9.17) is 15.6 Å². The van der Waals surface area contributed by atoms with Gasteiger partial charge in [-0.2, -0.15) is 0 Å². The van der Waals surface area contributed by atoms with Crippen LogP contribution in [0, 0.1) is 5.82 Å². The van der Waals surface area contributed by atoms with Gasteiger partial charge in [-0.05, 0) is 71.6 Å². The van der Waals surface area contributed by atoms with Crippen molar-refractivity contribution in [2.75, 3.05) is 6.54 Å². The van der Waals surface area contributed by atoms with Crippen molar-refractivity contribution in [2.45, 2.75) is 91.1 Å². The van der Waals surface area contributed by atoms with Crippen LogP contribution in [0.4, 0.5) is 14.0 Å². The number of halogens is 1. The fourth-order valence-corrected chi connectivity index (χ4v) is 4.43. The number of nitrogens with two attached hydrogens (primary N) is 1. The zero-order chi connectivity index (χ0) is 30.2. The molecule has 1 saturated heterocycles. The molecular formula is C28H43FN4O7. The Labute approximate surface area is 236 Å². The van der Waals surface area contributed by atoms with Crippen molar-refractivity contribution in [3.63, 3.8) is 0 Å². The van der Waals surface area contributed by atoms with Crippen molar-refractivity contribution in [2.24, 2.45) is 5.73 Å². The van der Waals surface area contributed by atoms with Crippen molar-refractivity contribution in [3.8, 4) is 0 Å². The molecule has 2 atom stereocenters. The molecule has 0 aliphatic carbocycles. The summed E-state index contributed by atoms with van der Waals surface area (Å²) in [6, 6.07) is 3.05. The molecule has 0 saturated carbocycles. The number of hydrogen-bond donors (Lipinski definition) is 3. The molecule has 0 spiro atoms. The van der Waals surface area contributed by atoms with E-state index in [2.05, 4.69) is 5.32 Å². The third-order valence-electron chi connectivity index (χ3n) is 6.18. The van der Waals surface area contributed by atoms with Crippen LogP contribution >= 0.6 is 0 Å². The van der Waals surface area contributed by atoms with Gasteiger partial charge in [-0.3, -0.25) is 19.3 Å². The number of nitrogens with one attached hydrogen (secondary N) is 1. The first-order chi connectivity index (χ1) is 18.6. The lowest BCUT2D eigenvalue weighted by molar-refractivity contribution is -0.139. The Balaban J connectivity index is 0.000000936. The predicted octanol–water partition coefficient (Wildman–Crippen LogP) is 3.98. The second-order valence-electron chi connectivity index (χ2n) is 11.0. The molecule has 224 valence electrons. The Hall–Kier alpha value is -3.96. The highest BCUT2D eigenvalue weighted by Crippen LogP contribution is 2.24. The van der Waals surface area contributed by atoms with Gasteiger partial charge in [0, 0.05) is 27.9 Å². The Morgan fingerprint density at radius 1 is 1.23 bits per heavy atom. The lowest BCUT2D eigenvalue weighted by Gasteiger charge is -2.28. The fourth-order valence-electron chi connectivity index (χ4n) is 4.43. The number of likely N-dealkylation sites (tertiary alicyclic amines) is 1. The van der Waals surface area contributed by atoms with Crippen LogP contribution in [0.5, 0.6) is 0 Å². The van der Waals surface area contributed by atoms with Crippen molar-refractivity contribution >= 4 is 29.8 Å². The number of carbonyl (C=O) groups excluding carboxylic acids is 4. The van der Waals surface area contributed by atoms with E-state index in [9.17, 15) is 28.4 Å². The number of amides is 4. The number of nitrogens with zero attached hydrogens (tertiary/aromatic N) is 2. The molecule has 4 N–H and O–H groups in total. The van der Waals surface area contributed by atoms with Crippen molar-refractivity contribution in [3.05, 3.63) is 46.8 Å². The summed E-state index contributed by atoms with van der Waals surface area (Å²) >= 11 is 0. The minimum Gasteiger partial charge on any atom is -0.465 e. The van der Waals surface area contributed by atoms with Crippen LogP contribution in [0.25, 0.3) is 0 Å². The van der Waals surface area contributed by atoms with E-state index in [0.717, 1.165) is 11.1 Å². The predicted molar refractivity (Wildman–Crippen MR) is 149 cm³/mol. The second-order valence-corrected chi connectivity index (χ2v) is 11.0. The molecule has 4 amide bonds. The van der Waals surface area contributed by atoms with Crippen LogP contribution in [-0.2, 0) is 32.2 Å². The van der Waals surface area contributed by atoms with Gasteiger partial charge in [0.2, 0.25) is 11.8 Å². The number of hydrogen-bond acceptors (Lipinski definition) is 6. The number of fused-ring (bicyclic) bond motifs is 1. The minimum absolute atomic E-state index is 0. The van der Waals surface area contributed by atoms with E-state index >= 15 is 0 Å². The van der Waals surface area contributed by atoms with Crippen LogP contribution < -0.4 is 11.1 Å². The molecule has 12 heteroatoms. The van der Waals surface area contributed by atoms with Crippen molar-refractivity contribution in [1.82, 2.24) is 15.1 Å². The maximum absolute atomic E-state index is 13.1. The second kappa shape index (κ2) is 13.9. The first kappa shape index (κ1) is 32.3. The van der Waals surface area contributed by atoms with E-state index in [0.29, 0.717) is 31.5 Å². The molecule has 0 radical (unpaired) electrons. The average molecular weight is 567 g/mol. The van der Waals surface area contributed by atoms with Gasteiger partial charge in [0.1, 0.15) is 23.5 Å². The van der Waals surface area contributed by atoms with E-state index in [1.165, 1.54) is 21.9 Å². The van der Waals surface area contributed by atoms with Gasteiger partial charge in [0.25, 0.3) is 0 Å². The number of rotatable bonds is 7. The number of allylic oxidation sites excluding steroid dienone is 2. The van der Waals surface area contributed by atoms with Gasteiger partial charge in [-0.1, -0.05) is 17.7 Å². The first-order valence-corrected chi connectivity index (χ1v) is 13.1. The summed E-state index contributed by atoms with van der Waals surface area (Å²) in [7, 11) is 0. The number of ether oxygens (including phenoxy) is 1. The Morgan fingerprint density at radius 2 is 1.90 bits per heavy atom. The number of alkyl carbamates (subject to hydrolysis) is 1. The summed E-state index contributed by atoms with van der Waals surface area (Å²) in [5, 5.41) is 11.2. The van der Waals surface area contributed by atoms with Crippen LogP contribution in [0.1, 0.15) is 74.3 Å². The topological polar surface area (TPSA) is 159 Å². The summed E-state index contributed by atoms with van der Waals surface area (Å²) in [6.45, 7) is 9.60. The lowest BCUT2D eigenvalue weighted by atomic mass is 10.1. The highest BCUT2D eigenvalue weighted by molar-refractivity contribution is 5.93. The Bertz CT molecular complexity index is 1170. The average Bonchev–Trinajstić information content (AvgIpc) is 3.48. The maximum Gasteiger partial charge on any atom is 0.408 e. The monoisotopic (exact) mass is 566 g/mol. The Kier molecular flexibility index (Phi) is 11.2. The Morgan fingerprint density at radius 3 is 2.45 bits per heavy atom. The maximum atomic E-state index is 13.1. The SMILES string of the molecule is CC(C)=CC(=O)CC[C@H](NC(=O)OC(C)(C)C)C(=O)N1CCC[C@H]1C(N)=O.O=C(O)N1Cc2cccc(F)c2C1.[HH].[HH]. The summed E-state index contributed by atoms with van der Waals surface area (Å²) in [5.41, 5.74) is 6.79. The lowest BCUT2D eigenvalue weighted by Crippen LogP contribution is -2.53. The van der Waals surface area contributed by atoms with Gasteiger partial charge in [-0.25, -0.2) is 14.0 Å². The molecule has 2 heterocycles. The van der Waals surface area contributed by atoms with Crippen LogP contribution in [-0.4, -0.2) is 68.9 Å². The third-order valence-corrected chi connectivity index (χ3v) is 6.18. The molecule has 0 aromatic heterocycles. The highest BCUT2D eigenvalue weighted by Gasteiger charge is 2.37. The van der Waals surface area contributed by atoms with E-state index in [1.807, 2.05) is 0 Å². The normalized spacial score (nSPS) is 16.7. The number of carboxylic acid groups (broad SMARTS) is 1.